The van der Waals surface area contributed by atoms with E-state index in [9.17, 15) is 14.4 Å². The van der Waals surface area contributed by atoms with Gasteiger partial charge in [0.1, 0.15) is 0 Å². The summed E-state index contributed by atoms with van der Waals surface area (Å²) in [6.45, 7) is 5.62. The molecule has 0 bridgehead atoms. The first-order valence-electron chi connectivity index (χ1n) is 10.0. The van der Waals surface area contributed by atoms with Gasteiger partial charge in [0.2, 0.25) is 17.7 Å². The monoisotopic (exact) mass is 386 g/mol. The van der Waals surface area contributed by atoms with Gasteiger partial charge in [0, 0.05) is 32.4 Å². The zero-order valence-corrected chi connectivity index (χ0v) is 16.8. The number of benzene rings is 1. The van der Waals surface area contributed by atoms with Gasteiger partial charge in [-0.2, -0.15) is 5.10 Å². The normalized spacial score (nSPS) is 13.2. The average Bonchev–Trinajstić information content (AvgIpc) is 3.21. The lowest BCUT2D eigenvalue weighted by molar-refractivity contribution is -0.138. The minimum absolute atomic E-state index is 0.0425. The molecule has 1 N–H and O–H groups in total. The summed E-state index contributed by atoms with van der Waals surface area (Å²) in [7, 11) is 0. The first-order chi connectivity index (χ1) is 13.5. The number of amides is 3. The third kappa shape index (κ3) is 6.48. The minimum Gasteiger partial charge on any atom is -0.355 e. The molecule has 0 spiro atoms. The summed E-state index contributed by atoms with van der Waals surface area (Å²) in [4.78, 5) is 38.4. The van der Waals surface area contributed by atoms with Gasteiger partial charge in [-0.25, -0.2) is 5.01 Å². The van der Waals surface area contributed by atoms with Gasteiger partial charge >= 0.3 is 0 Å². The molecular formula is C21H30N4O3. The summed E-state index contributed by atoms with van der Waals surface area (Å²) < 4.78 is 0. The van der Waals surface area contributed by atoms with Crippen LogP contribution in [0.5, 0.6) is 0 Å². The smallest absolute Gasteiger partial charge is 0.243 e. The number of nitrogens with one attached hydrogen (secondary N) is 1. The van der Waals surface area contributed by atoms with Crippen molar-refractivity contribution in [3.63, 3.8) is 0 Å². The number of hydrogen-bond donors (Lipinski definition) is 1. The number of rotatable bonds is 10. The Bertz CT molecular complexity index is 703. The molecule has 0 atom stereocenters. The molecule has 0 saturated carbocycles. The molecule has 7 nitrogen and oxygen atoms in total. The second-order valence-corrected chi connectivity index (χ2v) is 6.84. The van der Waals surface area contributed by atoms with Crippen LogP contribution in [0.25, 0.3) is 0 Å². The third-order valence-corrected chi connectivity index (χ3v) is 4.50. The fraction of sp³-hybridized carbons (Fsp3) is 0.524. The standard InChI is InChI=1S/C21H30N4O3/c1-3-13-22-19(26)16-24(14-4-2)20(27)10-11-21(28)25-15-12-18(23-25)17-8-6-5-7-9-17/h5-9H,3-4,10-16H2,1-2H3,(H,22,26). The molecule has 1 heterocycles. The molecule has 7 heteroatoms. The molecule has 1 aromatic rings. The number of hydrogen-bond acceptors (Lipinski definition) is 4. The van der Waals surface area contributed by atoms with Gasteiger partial charge in [-0.05, 0) is 18.4 Å². The molecule has 0 saturated heterocycles. The van der Waals surface area contributed by atoms with Crippen LogP contribution in [0, 0.1) is 0 Å². The van der Waals surface area contributed by atoms with Crippen molar-refractivity contribution in [1.29, 1.82) is 0 Å². The van der Waals surface area contributed by atoms with E-state index in [4.69, 9.17) is 0 Å². The van der Waals surface area contributed by atoms with Crippen LogP contribution in [-0.4, -0.2) is 59.5 Å². The highest BCUT2D eigenvalue weighted by atomic mass is 16.2. The van der Waals surface area contributed by atoms with E-state index >= 15 is 0 Å². The van der Waals surface area contributed by atoms with Crippen LogP contribution in [-0.2, 0) is 14.4 Å². The van der Waals surface area contributed by atoms with Crippen molar-refractivity contribution in [2.45, 2.75) is 46.0 Å². The quantitative estimate of drug-likeness (QED) is 0.669. The van der Waals surface area contributed by atoms with E-state index in [1.807, 2.05) is 44.2 Å². The maximum Gasteiger partial charge on any atom is 0.243 e. The molecule has 1 aromatic carbocycles. The SMILES string of the molecule is CCCNC(=O)CN(CCC)C(=O)CCC(=O)N1CCC(c2ccccc2)=N1. The predicted molar refractivity (Wildman–Crippen MR) is 109 cm³/mol. The van der Waals surface area contributed by atoms with Gasteiger partial charge in [-0.3, -0.25) is 14.4 Å². The fourth-order valence-electron chi connectivity index (χ4n) is 3.03. The summed E-state index contributed by atoms with van der Waals surface area (Å²) in [5.74, 6) is -0.494. The average molecular weight is 386 g/mol. The van der Waals surface area contributed by atoms with Crippen molar-refractivity contribution in [1.82, 2.24) is 15.2 Å². The molecule has 2 rings (SSSR count). The van der Waals surface area contributed by atoms with Crippen molar-refractivity contribution in [2.24, 2.45) is 5.10 Å². The zero-order chi connectivity index (χ0) is 20.4. The Balaban J connectivity index is 1.85. The summed E-state index contributed by atoms with van der Waals surface area (Å²) >= 11 is 0. The maximum absolute atomic E-state index is 12.5. The van der Waals surface area contributed by atoms with E-state index in [-0.39, 0.29) is 37.1 Å². The van der Waals surface area contributed by atoms with Gasteiger partial charge in [-0.1, -0.05) is 44.2 Å². The summed E-state index contributed by atoms with van der Waals surface area (Å²) in [6, 6.07) is 9.78. The summed E-state index contributed by atoms with van der Waals surface area (Å²) in [6.07, 6.45) is 2.51. The lowest BCUT2D eigenvalue weighted by Crippen LogP contribution is -2.41. The van der Waals surface area contributed by atoms with Crippen molar-refractivity contribution in [3.05, 3.63) is 35.9 Å². The van der Waals surface area contributed by atoms with Crippen LogP contribution < -0.4 is 5.32 Å². The first-order valence-corrected chi connectivity index (χ1v) is 10.0. The fourth-order valence-corrected chi connectivity index (χ4v) is 3.03. The van der Waals surface area contributed by atoms with E-state index in [1.165, 1.54) is 9.91 Å². The lowest BCUT2D eigenvalue weighted by atomic mass is 10.1. The van der Waals surface area contributed by atoms with Gasteiger partial charge in [0.25, 0.3) is 0 Å². The van der Waals surface area contributed by atoms with Crippen LogP contribution in [0.4, 0.5) is 0 Å². The van der Waals surface area contributed by atoms with Crippen LogP contribution in [0.2, 0.25) is 0 Å². The van der Waals surface area contributed by atoms with Gasteiger partial charge in [-0.15, -0.1) is 0 Å². The molecule has 0 aliphatic carbocycles. The van der Waals surface area contributed by atoms with E-state index in [2.05, 4.69) is 10.4 Å². The molecule has 0 radical (unpaired) electrons. The van der Waals surface area contributed by atoms with E-state index in [0.29, 0.717) is 26.1 Å². The van der Waals surface area contributed by atoms with E-state index < -0.39 is 0 Å². The van der Waals surface area contributed by atoms with Crippen molar-refractivity contribution in [3.8, 4) is 0 Å². The predicted octanol–water partition coefficient (Wildman–Crippen LogP) is 2.17. The molecular weight excluding hydrogens is 356 g/mol. The summed E-state index contributed by atoms with van der Waals surface area (Å²) in [5, 5.41) is 8.64. The Morgan fingerprint density at radius 2 is 1.86 bits per heavy atom. The number of nitrogens with zero attached hydrogens (tertiary/aromatic N) is 3. The van der Waals surface area contributed by atoms with Crippen LogP contribution in [0.1, 0.15) is 51.5 Å². The third-order valence-electron chi connectivity index (χ3n) is 4.50. The second kappa shape index (κ2) is 11.2. The number of hydrazone groups is 1. The van der Waals surface area contributed by atoms with E-state index in [0.717, 1.165) is 24.1 Å². The van der Waals surface area contributed by atoms with E-state index in [1.54, 1.807) is 0 Å². The molecule has 1 aliphatic heterocycles. The Labute approximate surface area is 166 Å². The van der Waals surface area contributed by atoms with Gasteiger partial charge in [0.05, 0.1) is 18.8 Å². The van der Waals surface area contributed by atoms with Crippen molar-refractivity contribution >= 4 is 23.4 Å². The molecule has 0 unspecified atom stereocenters. The maximum atomic E-state index is 12.5. The van der Waals surface area contributed by atoms with Crippen molar-refractivity contribution < 1.29 is 14.4 Å². The highest BCUT2D eigenvalue weighted by Gasteiger charge is 2.23. The Morgan fingerprint density at radius 3 is 2.54 bits per heavy atom. The van der Waals surface area contributed by atoms with Crippen LogP contribution in [0.3, 0.4) is 0 Å². The molecule has 0 fully saturated rings. The van der Waals surface area contributed by atoms with Gasteiger partial charge < -0.3 is 10.2 Å². The summed E-state index contributed by atoms with van der Waals surface area (Å²) in [5.41, 5.74) is 1.90. The highest BCUT2D eigenvalue weighted by molar-refractivity contribution is 6.02. The molecule has 28 heavy (non-hydrogen) atoms. The Morgan fingerprint density at radius 1 is 1.11 bits per heavy atom. The van der Waals surface area contributed by atoms with Gasteiger partial charge in [0.15, 0.2) is 0 Å². The number of carbonyl (C=O) groups is 3. The largest absolute Gasteiger partial charge is 0.355 e. The molecule has 152 valence electrons. The Kier molecular flexibility index (Phi) is 8.65. The topological polar surface area (TPSA) is 82.1 Å². The molecule has 0 aromatic heterocycles. The number of carbonyl (C=O) groups excluding carboxylic acids is 3. The molecule has 1 aliphatic rings. The van der Waals surface area contributed by atoms with Crippen molar-refractivity contribution in [2.75, 3.05) is 26.2 Å². The second-order valence-electron chi connectivity index (χ2n) is 6.84. The molecule has 3 amide bonds. The Hall–Kier alpha value is -2.70. The lowest BCUT2D eigenvalue weighted by Gasteiger charge is -2.22. The van der Waals surface area contributed by atoms with Crippen LogP contribution in [0.15, 0.2) is 35.4 Å². The minimum atomic E-state index is -0.173. The zero-order valence-electron chi connectivity index (χ0n) is 16.8. The van der Waals surface area contributed by atoms with Crippen LogP contribution >= 0.6 is 0 Å². The first kappa shape index (κ1) is 21.6. The highest BCUT2D eigenvalue weighted by Crippen LogP contribution is 2.15.